The summed E-state index contributed by atoms with van der Waals surface area (Å²) in [5.74, 6) is -6.12. The molecule has 10 nitrogen and oxygen atoms in total. The number of hydrogen-bond donors (Lipinski definition) is 0. The smallest absolute Gasteiger partial charge is 1.00 e. The van der Waals surface area contributed by atoms with Crippen LogP contribution in [0.1, 0.15) is 22.8 Å². The van der Waals surface area contributed by atoms with Gasteiger partial charge in [0.25, 0.3) is 0 Å². The van der Waals surface area contributed by atoms with E-state index in [0.717, 1.165) is 9.80 Å². The van der Waals surface area contributed by atoms with E-state index in [2.05, 4.69) is 0 Å². The molecule has 0 saturated heterocycles. The molecule has 0 fully saturated rings. The predicted molar refractivity (Wildman–Crippen MR) is 70.7 cm³/mol. The van der Waals surface area contributed by atoms with Crippen molar-refractivity contribution in [3.8, 4) is 0 Å². The van der Waals surface area contributed by atoms with Crippen LogP contribution in [0, 0.1) is 0 Å². The van der Waals surface area contributed by atoms with Crippen LogP contribution in [0.15, 0.2) is 0 Å². The van der Waals surface area contributed by atoms with Gasteiger partial charge in [-0.15, -0.1) is 0 Å². The van der Waals surface area contributed by atoms with E-state index >= 15 is 0 Å². The summed E-state index contributed by atoms with van der Waals surface area (Å²) in [6.07, 6.45) is 0. The van der Waals surface area contributed by atoms with E-state index in [9.17, 15) is 39.6 Å². The van der Waals surface area contributed by atoms with Gasteiger partial charge in [0.2, 0.25) is 0 Å². The molecule has 0 aliphatic rings. The maximum atomic E-state index is 10.4. The van der Waals surface area contributed by atoms with Crippen LogP contribution in [-0.2, 0) is 19.2 Å². The number of hydrogen-bond acceptors (Lipinski definition) is 10. The molecule has 0 atom stereocenters. The molecular weight excluding hydrogens is 736 g/mol. The van der Waals surface area contributed by atoms with Gasteiger partial charge in [0.1, 0.15) is 0 Å². The molecule has 0 bridgehead atoms. The van der Waals surface area contributed by atoms with Crippen LogP contribution in [0.5, 0.6) is 0 Å². The van der Waals surface area contributed by atoms with Crippen molar-refractivity contribution in [3.05, 3.63) is 0 Å². The molecule has 0 heterocycles. The van der Waals surface area contributed by atoms with Crippen molar-refractivity contribution < 1.29 is 654 Å². The predicted octanol–water partition coefficient (Wildman–Crippen LogP) is -65.5. The van der Waals surface area contributed by atoms with E-state index in [1.54, 1.807) is 0 Å². The minimum Gasteiger partial charge on any atom is -1.00 e. The van der Waals surface area contributed by atoms with Crippen molar-refractivity contribution in [1.29, 1.82) is 0 Å². The Morgan fingerprint density at radius 2 is 0.425 bits per heavy atom. The Kier molecular flexibility index (Phi) is 348. The minimum absolute atomic E-state index is 0. The third-order valence-electron chi connectivity index (χ3n) is 2.14. The molecule has 0 aliphatic heterocycles. The topological polar surface area (TPSA) is 167 Å². The molecular formula is C10H28N2Na20O8. The van der Waals surface area contributed by atoms with E-state index < -0.39 is 50.1 Å². The fourth-order valence-corrected chi connectivity index (χ4v) is 1.44. The van der Waals surface area contributed by atoms with Gasteiger partial charge in [0, 0.05) is 39.3 Å². The van der Waals surface area contributed by atoms with Gasteiger partial charge < -0.3 is 62.4 Å². The number of carbonyl (C=O) groups is 4. The summed E-state index contributed by atoms with van der Waals surface area (Å²) in [5, 5.41) is 41.6. The summed E-state index contributed by atoms with van der Waals surface area (Å²) in [6.45, 7) is -3.25. The van der Waals surface area contributed by atoms with Crippen molar-refractivity contribution in [2.75, 3.05) is 39.3 Å². The van der Waals surface area contributed by atoms with Gasteiger partial charge in [0.05, 0.1) is 23.9 Å². The Morgan fingerprint density at radius 3 is 0.500 bits per heavy atom. The van der Waals surface area contributed by atoms with E-state index in [4.69, 9.17) is 0 Å². The van der Waals surface area contributed by atoms with Crippen molar-refractivity contribution in [2.24, 2.45) is 0 Å². The Labute approximate surface area is 705 Å². The normalized spacial score (nSPS) is 5.35. The second kappa shape index (κ2) is 101. The number of carbonyl (C=O) groups excluding carboxylic acids is 4. The van der Waals surface area contributed by atoms with Gasteiger partial charge in [-0.2, -0.15) is 0 Å². The van der Waals surface area contributed by atoms with Crippen molar-refractivity contribution in [3.63, 3.8) is 0 Å². The molecule has 0 aliphatic carbocycles. The third kappa shape index (κ3) is 111. The molecule has 146 valence electrons. The zero-order chi connectivity index (χ0) is 15.7. The molecule has 0 N–H and O–H groups in total. The molecule has 0 aromatic rings. The number of aliphatic carboxylic acids is 4. The summed E-state index contributed by atoms with van der Waals surface area (Å²) >= 11 is 0. The van der Waals surface area contributed by atoms with Crippen LogP contribution >= 0.6 is 0 Å². The average Bonchev–Trinajstić information content (AvgIpc) is 2.22. The minimum atomic E-state index is -1.53. The first-order valence-electron chi connectivity index (χ1n) is 5.44. The zero-order valence-electron chi connectivity index (χ0n) is 46.4. The molecule has 0 aromatic carbocycles. The Morgan fingerprint density at radius 1 is 0.325 bits per heavy atom. The first-order chi connectivity index (χ1) is 9.20. The van der Waals surface area contributed by atoms with Crippen LogP contribution < -0.4 is 612 Å². The quantitative estimate of drug-likeness (QED) is 0.185. The third-order valence-corrected chi connectivity index (χ3v) is 2.14. The van der Waals surface area contributed by atoms with Crippen LogP contribution in [0.3, 0.4) is 0 Å². The van der Waals surface area contributed by atoms with Gasteiger partial charge >= 0.3 is 591 Å². The standard InChI is InChI=1S/C10H16N2O8.20Na.16H/c13-7(14)3-11(4-8(15)16)1-2-12(5-9(17)18)6-10(19)20;;;;;;;;;;;;;;;;;;;;;;;;;;;;;;;;;;;;/h1-6H2,(H,13,14)(H,15,16)(H,17,18)(H,19,20);;;;;;;;;;;;;;;;;;;;;;;;;;;;;;;;;;;;/q;20*+1;16*-1/p-4. The molecule has 30 heteroatoms. The zero-order valence-corrected chi connectivity index (χ0v) is 70.4. The molecule has 0 aromatic heterocycles. The van der Waals surface area contributed by atoms with Crippen LogP contribution in [0.2, 0.25) is 0 Å². The second-order valence-electron chi connectivity index (χ2n) is 3.91. The summed E-state index contributed by atoms with van der Waals surface area (Å²) < 4.78 is 0. The Hall–Kier alpha value is 17.8. The molecule has 0 amide bonds. The van der Waals surface area contributed by atoms with Crippen LogP contribution in [0.4, 0.5) is 0 Å². The monoisotopic (exact) mass is 764 g/mol. The van der Waals surface area contributed by atoms with Crippen LogP contribution in [0.25, 0.3) is 0 Å². The fraction of sp³-hybridized carbons (Fsp3) is 0.600. The Balaban J connectivity index is -0.00000000287. The molecule has 0 spiro atoms. The fourth-order valence-electron chi connectivity index (χ4n) is 1.44. The van der Waals surface area contributed by atoms with Crippen molar-refractivity contribution in [2.45, 2.75) is 0 Å². The maximum absolute atomic E-state index is 10.4. The van der Waals surface area contributed by atoms with E-state index in [0.29, 0.717) is 0 Å². The summed E-state index contributed by atoms with van der Waals surface area (Å²) in [4.78, 5) is 43.4. The first-order valence-corrected chi connectivity index (χ1v) is 5.44. The average molecular weight is 764 g/mol. The number of nitrogens with zero attached hydrogens (tertiary/aromatic N) is 2. The van der Waals surface area contributed by atoms with Crippen molar-refractivity contribution >= 4 is 23.9 Å². The first kappa shape index (κ1) is 138. The second-order valence-corrected chi connectivity index (χ2v) is 3.91. The SMILES string of the molecule is O=C([O-])CN(CCN(CC(=O)[O-])CC(=O)[O-])CC(=O)[O-].[H-].[H-].[H-].[H-].[H-].[H-].[H-].[H-].[H-].[H-].[H-].[H-].[H-].[H-].[H-].[H-].[Na+].[Na+].[Na+].[Na+].[Na+].[Na+].[Na+].[Na+].[Na+].[Na+].[Na+].[Na+].[Na+].[Na+].[Na+].[Na+].[Na+].[Na+].[Na+].[Na+]. The molecule has 0 radical (unpaired) electrons. The summed E-state index contributed by atoms with van der Waals surface area (Å²) in [7, 11) is 0. The van der Waals surface area contributed by atoms with Gasteiger partial charge in [-0.25, -0.2) is 0 Å². The molecule has 40 heavy (non-hydrogen) atoms. The summed E-state index contributed by atoms with van der Waals surface area (Å²) in [5.41, 5.74) is 0. The Bertz CT molecular complexity index is 404. The molecule has 0 saturated carbocycles. The molecule has 0 unspecified atom stereocenters. The number of carboxylic acid groups (broad SMARTS) is 4. The number of carboxylic acids is 4. The van der Waals surface area contributed by atoms with Gasteiger partial charge in [-0.3, -0.25) is 9.80 Å². The van der Waals surface area contributed by atoms with Gasteiger partial charge in [0.15, 0.2) is 0 Å². The largest absolute Gasteiger partial charge is 1.00 e. The van der Waals surface area contributed by atoms with Crippen LogP contribution in [-0.4, -0.2) is 72.9 Å². The summed E-state index contributed by atoms with van der Waals surface area (Å²) in [6, 6.07) is 0. The maximum Gasteiger partial charge on any atom is 1.00 e. The van der Waals surface area contributed by atoms with Gasteiger partial charge in [-0.1, -0.05) is 0 Å². The van der Waals surface area contributed by atoms with E-state index in [1.807, 2.05) is 0 Å². The van der Waals surface area contributed by atoms with E-state index in [-0.39, 0.29) is 627 Å². The van der Waals surface area contributed by atoms with E-state index in [1.165, 1.54) is 0 Å². The van der Waals surface area contributed by atoms with Gasteiger partial charge in [-0.05, 0) is 0 Å². The van der Waals surface area contributed by atoms with Crippen molar-refractivity contribution in [1.82, 2.24) is 9.80 Å². The number of rotatable bonds is 11. The molecule has 0 rings (SSSR count).